The van der Waals surface area contributed by atoms with Gasteiger partial charge in [-0.15, -0.1) is 0 Å². The third-order valence-electron chi connectivity index (χ3n) is 4.35. The minimum absolute atomic E-state index is 0.419. The second-order valence-electron chi connectivity index (χ2n) is 6.45. The molecule has 1 aromatic carbocycles. The van der Waals surface area contributed by atoms with E-state index in [1.54, 1.807) is 13.3 Å². The maximum absolute atomic E-state index is 9.72. The van der Waals surface area contributed by atoms with Gasteiger partial charge in [0.25, 0.3) is 0 Å². The first-order valence-electron chi connectivity index (χ1n) is 8.99. The second-order valence-corrected chi connectivity index (χ2v) is 6.45. The van der Waals surface area contributed by atoms with Crippen LogP contribution in [0.15, 0.2) is 47.8 Å². The number of rotatable bonds is 8. The Labute approximate surface area is 154 Å². The van der Waals surface area contributed by atoms with Crippen molar-refractivity contribution in [1.82, 2.24) is 9.88 Å². The molecule has 138 valence electrons. The van der Waals surface area contributed by atoms with Crippen molar-refractivity contribution in [2.75, 3.05) is 20.2 Å². The Morgan fingerprint density at radius 2 is 1.96 bits per heavy atom. The number of pyridine rings is 1. The van der Waals surface area contributed by atoms with Crippen LogP contribution in [0.4, 0.5) is 0 Å². The molecule has 0 amide bonds. The summed E-state index contributed by atoms with van der Waals surface area (Å²) in [5.74, 6) is 3.01. The third-order valence-corrected chi connectivity index (χ3v) is 4.35. The van der Waals surface area contributed by atoms with Gasteiger partial charge in [0.2, 0.25) is 5.88 Å². The average Bonchev–Trinajstić information content (AvgIpc) is 3.48. The summed E-state index contributed by atoms with van der Waals surface area (Å²) in [6, 6.07) is 11.0. The molecule has 1 aliphatic rings. The first kappa shape index (κ1) is 18.0. The largest absolute Gasteiger partial charge is 0.497 e. The number of aromatic nitrogens is 1. The van der Waals surface area contributed by atoms with Gasteiger partial charge < -0.3 is 19.6 Å². The van der Waals surface area contributed by atoms with Crippen LogP contribution in [-0.2, 0) is 0 Å². The number of oxime groups is 1. The fourth-order valence-electron chi connectivity index (χ4n) is 2.85. The lowest BCUT2D eigenvalue weighted by Gasteiger charge is -2.25. The predicted octanol–water partition coefficient (Wildman–Crippen LogP) is 4.14. The highest BCUT2D eigenvalue weighted by Crippen LogP contribution is 2.31. The van der Waals surface area contributed by atoms with E-state index >= 15 is 0 Å². The van der Waals surface area contributed by atoms with Crippen molar-refractivity contribution in [2.45, 2.75) is 26.2 Å². The number of benzene rings is 1. The van der Waals surface area contributed by atoms with E-state index in [0.29, 0.717) is 28.9 Å². The Kier molecular flexibility index (Phi) is 5.94. The Morgan fingerprint density at radius 3 is 2.58 bits per heavy atom. The van der Waals surface area contributed by atoms with Gasteiger partial charge in [-0.2, -0.15) is 0 Å². The normalized spacial score (nSPS) is 14.2. The molecule has 0 atom stereocenters. The van der Waals surface area contributed by atoms with Crippen LogP contribution in [0.3, 0.4) is 0 Å². The Hall–Kier alpha value is -2.76. The van der Waals surface area contributed by atoms with Crippen molar-refractivity contribution >= 4 is 5.84 Å². The molecule has 0 radical (unpaired) electrons. The Morgan fingerprint density at radius 1 is 1.23 bits per heavy atom. The van der Waals surface area contributed by atoms with Crippen molar-refractivity contribution in [2.24, 2.45) is 11.1 Å². The van der Waals surface area contributed by atoms with Gasteiger partial charge in [-0.25, -0.2) is 4.98 Å². The van der Waals surface area contributed by atoms with E-state index in [1.165, 1.54) is 12.8 Å². The second kappa shape index (κ2) is 8.56. The summed E-state index contributed by atoms with van der Waals surface area (Å²) in [7, 11) is 1.62. The van der Waals surface area contributed by atoms with Gasteiger partial charge in [0.05, 0.1) is 12.7 Å². The molecule has 6 heteroatoms. The minimum atomic E-state index is 0.419. The summed E-state index contributed by atoms with van der Waals surface area (Å²) in [5.41, 5.74) is 0.680. The number of methoxy groups -OCH3 is 1. The molecule has 1 heterocycles. The molecule has 26 heavy (non-hydrogen) atoms. The van der Waals surface area contributed by atoms with E-state index in [1.807, 2.05) is 36.4 Å². The molecular weight excluding hydrogens is 330 g/mol. The topological polar surface area (TPSA) is 67.2 Å². The smallest absolute Gasteiger partial charge is 0.230 e. The first-order valence-corrected chi connectivity index (χ1v) is 8.99. The zero-order valence-corrected chi connectivity index (χ0v) is 15.3. The molecule has 0 unspecified atom stereocenters. The first-order chi connectivity index (χ1) is 12.7. The van der Waals surface area contributed by atoms with Gasteiger partial charge in [-0.3, -0.25) is 0 Å². The van der Waals surface area contributed by atoms with Crippen LogP contribution in [0.5, 0.6) is 17.4 Å². The van der Waals surface area contributed by atoms with Crippen molar-refractivity contribution < 1.29 is 14.7 Å². The van der Waals surface area contributed by atoms with Gasteiger partial charge in [-0.1, -0.05) is 12.1 Å². The molecule has 1 aliphatic carbocycles. The summed E-state index contributed by atoms with van der Waals surface area (Å²) in [4.78, 5) is 6.47. The Bertz CT molecular complexity index is 742. The van der Waals surface area contributed by atoms with Crippen molar-refractivity contribution in [3.8, 4) is 17.4 Å². The molecule has 0 bridgehead atoms. The molecule has 6 nitrogen and oxygen atoms in total. The van der Waals surface area contributed by atoms with E-state index < -0.39 is 0 Å². The van der Waals surface area contributed by atoms with Crippen LogP contribution in [-0.4, -0.2) is 41.1 Å². The number of nitrogens with zero attached hydrogens (tertiary/aromatic N) is 3. The van der Waals surface area contributed by atoms with E-state index in [9.17, 15) is 5.21 Å². The maximum Gasteiger partial charge on any atom is 0.230 e. The van der Waals surface area contributed by atoms with E-state index in [4.69, 9.17) is 9.47 Å². The predicted molar refractivity (Wildman–Crippen MR) is 100 cm³/mol. The van der Waals surface area contributed by atoms with E-state index in [2.05, 4.69) is 22.0 Å². The molecule has 0 spiro atoms. The molecule has 1 saturated carbocycles. The summed E-state index contributed by atoms with van der Waals surface area (Å²) >= 11 is 0. The van der Waals surface area contributed by atoms with Crippen LogP contribution < -0.4 is 9.47 Å². The number of hydrogen-bond donors (Lipinski definition) is 1. The van der Waals surface area contributed by atoms with Crippen LogP contribution in [0.2, 0.25) is 0 Å². The monoisotopic (exact) mass is 355 g/mol. The molecule has 1 fully saturated rings. The van der Waals surface area contributed by atoms with Crippen LogP contribution >= 0.6 is 0 Å². The van der Waals surface area contributed by atoms with Crippen molar-refractivity contribution in [3.05, 3.63) is 48.2 Å². The lowest BCUT2D eigenvalue weighted by molar-refractivity contribution is 0.297. The average molecular weight is 355 g/mol. The fraction of sp³-hybridized carbons (Fsp3) is 0.400. The van der Waals surface area contributed by atoms with E-state index in [0.717, 1.165) is 25.3 Å². The summed E-state index contributed by atoms with van der Waals surface area (Å²) in [6.07, 6.45) is 5.12. The SMILES string of the molecule is CCCN(CC1CC1)/C(=N\O)c1cccnc1Oc1ccc(OC)cc1. The standard InChI is InChI=1S/C20H25N3O3/c1-3-13-23(14-15-6-7-15)19(22-24)18-5-4-12-21-20(18)26-17-10-8-16(25-2)9-11-17/h4-5,8-12,15,24H,3,6-7,13-14H2,1-2H3/b22-19-. The molecular formula is C20H25N3O3. The summed E-state index contributed by atoms with van der Waals surface area (Å²) in [6.45, 7) is 3.84. The zero-order valence-electron chi connectivity index (χ0n) is 15.3. The maximum atomic E-state index is 9.72. The van der Waals surface area contributed by atoms with Crippen LogP contribution in [0.25, 0.3) is 0 Å². The lowest BCUT2D eigenvalue weighted by atomic mass is 10.2. The number of hydrogen-bond acceptors (Lipinski definition) is 5. The van der Waals surface area contributed by atoms with Gasteiger partial charge in [0.15, 0.2) is 5.84 Å². The third kappa shape index (κ3) is 4.45. The van der Waals surface area contributed by atoms with Gasteiger partial charge in [0.1, 0.15) is 11.5 Å². The van der Waals surface area contributed by atoms with Crippen molar-refractivity contribution in [3.63, 3.8) is 0 Å². The quantitative estimate of drug-likeness (QED) is 0.334. The molecule has 2 aromatic rings. The van der Waals surface area contributed by atoms with E-state index in [-0.39, 0.29) is 0 Å². The van der Waals surface area contributed by atoms with Crippen LogP contribution in [0.1, 0.15) is 31.7 Å². The highest BCUT2D eigenvalue weighted by Gasteiger charge is 2.27. The highest BCUT2D eigenvalue weighted by molar-refractivity contribution is 6.00. The molecule has 0 aliphatic heterocycles. The Balaban J connectivity index is 1.85. The minimum Gasteiger partial charge on any atom is -0.497 e. The van der Waals surface area contributed by atoms with Gasteiger partial charge in [-0.05, 0) is 61.6 Å². The highest BCUT2D eigenvalue weighted by atomic mass is 16.5. The zero-order chi connectivity index (χ0) is 18.4. The summed E-state index contributed by atoms with van der Waals surface area (Å²) in [5, 5.41) is 13.3. The molecule has 0 saturated heterocycles. The number of amidine groups is 1. The molecule has 1 N–H and O–H groups in total. The van der Waals surface area contributed by atoms with Crippen LogP contribution in [0, 0.1) is 5.92 Å². The summed E-state index contributed by atoms with van der Waals surface area (Å²) < 4.78 is 11.1. The molecule has 1 aromatic heterocycles. The van der Waals surface area contributed by atoms with Gasteiger partial charge in [0, 0.05) is 19.3 Å². The lowest BCUT2D eigenvalue weighted by Crippen LogP contribution is -2.34. The van der Waals surface area contributed by atoms with Gasteiger partial charge >= 0.3 is 0 Å². The van der Waals surface area contributed by atoms with Crippen molar-refractivity contribution in [1.29, 1.82) is 0 Å². The number of ether oxygens (including phenoxy) is 2. The fourth-order valence-corrected chi connectivity index (χ4v) is 2.85. The molecule has 3 rings (SSSR count).